The number of fused-ring (bicyclic) bond motifs is 1. The lowest BCUT2D eigenvalue weighted by atomic mass is 10.1. The van der Waals surface area contributed by atoms with E-state index in [9.17, 15) is 8.78 Å². The van der Waals surface area contributed by atoms with Crippen LogP contribution in [-0.2, 0) is 0 Å². The SMILES string of the molecule is CC(C)Nc1nccc2cc(F)c(F)cc12. The van der Waals surface area contributed by atoms with Crippen molar-refractivity contribution in [3.05, 3.63) is 36.0 Å². The van der Waals surface area contributed by atoms with E-state index in [0.717, 1.165) is 0 Å². The Morgan fingerprint density at radius 3 is 2.56 bits per heavy atom. The molecule has 0 unspecified atom stereocenters. The van der Waals surface area contributed by atoms with E-state index in [1.54, 1.807) is 12.3 Å². The van der Waals surface area contributed by atoms with Crippen molar-refractivity contribution in [1.82, 2.24) is 4.98 Å². The van der Waals surface area contributed by atoms with Gasteiger partial charge in [0.2, 0.25) is 0 Å². The summed E-state index contributed by atoms with van der Waals surface area (Å²) in [7, 11) is 0. The van der Waals surface area contributed by atoms with E-state index in [1.807, 2.05) is 13.8 Å². The van der Waals surface area contributed by atoms with Crippen LogP contribution >= 0.6 is 0 Å². The molecular formula is C12H12F2N2. The predicted molar refractivity (Wildman–Crippen MR) is 60.4 cm³/mol. The molecule has 4 heteroatoms. The molecular weight excluding hydrogens is 210 g/mol. The Labute approximate surface area is 92.3 Å². The molecule has 0 radical (unpaired) electrons. The molecule has 1 N–H and O–H groups in total. The number of nitrogens with one attached hydrogen (secondary N) is 1. The van der Waals surface area contributed by atoms with E-state index in [1.165, 1.54) is 12.1 Å². The number of pyridine rings is 1. The smallest absolute Gasteiger partial charge is 0.159 e. The maximum Gasteiger partial charge on any atom is 0.159 e. The summed E-state index contributed by atoms with van der Waals surface area (Å²) in [5.41, 5.74) is 0. The number of rotatable bonds is 2. The number of aromatic nitrogens is 1. The Balaban J connectivity index is 2.62. The van der Waals surface area contributed by atoms with Crippen molar-refractivity contribution in [2.24, 2.45) is 0 Å². The van der Waals surface area contributed by atoms with Gasteiger partial charge in [-0.3, -0.25) is 0 Å². The summed E-state index contributed by atoms with van der Waals surface area (Å²) in [5, 5.41) is 4.32. The molecule has 0 aliphatic heterocycles. The van der Waals surface area contributed by atoms with Gasteiger partial charge in [0, 0.05) is 17.6 Å². The molecule has 0 saturated heterocycles. The number of hydrogen-bond acceptors (Lipinski definition) is 2. The van der Waals surface area contributed by atoms with Crippen LogP contribution < -0.4 is 5.32 Å². The van der Waals surface area contributed by atoms with E-state index in [4.69, 9.17) is 0 Å². The molecule has 0 saturated carbocycles. The third kappa shape index (κ3) is 1.96. The molecule has 0 spiro atoms. The van der Waals surface area contributed by atoms with Crippen LogP contribution in [0.2, 0.25) is 0 Å². The highest BCUT2D eigenvalue weighted by atomic mass is 19.2. The molecule has 0 atom stereocenters. The first kappa shape index (κ1) is 10.8. The van der Waals surface area contributed by atoms with Crippen LogP contribution in [0.5, 0.6) is 0 Å². The number of nitrogens with zero attached hydrogens (tertiary/aromatic N) is 1. The normalized spacial score (nSPS) is 11.1. The molecule has 0 aliphatic rings. The summed E-state index contributed by atoms with van der Waals surface area (Å²) in [5.74, 6) is -1.12. The lowest BCUT2D eigenvalue weighted by Crippen LogP contribution is -2.11. The topological polar surface area (TPSA) is 24.9 Å². The molecule has 16 heavy (non-hydrogen) atoms. The minimum absolute atomic E-state index is 0.186. The van der Waals surface area contributed by atoms with Gasteiger partial charge in [-0.15, -0.1) is 0 Å². The Hall–Kier alpha value is -1.71. The largest absolute Gasteiger partial charge is 0.367 e. The Morgan fingerprint density at radius 2 is 1.88 bits per heavy atom. The number of benzene rings is 1. The fraction of sp³-hybridized carbons (Fsp3) is 0.250. The molecule has 2 aromatic rings. The standard InChI is InChI=1S/C12H12F2N2/c1-7(2)16-12-9-6-11(14)10(13)5-8(9)3-4-15-12/h3-7H,1-2H3,(H,15,16). The number of anilines is 1. The highest BCUT2D eigenvalue weighted by Crippen LogP contribution is 2.24. The van der Waals surface area contributed by atoms with Crippen molar-refractivity contribution in [2.75, 3.05) is 5.32 Å². The van der Waals surface area contributed by atoms with Gasteiger partial charge >= 0.3 is 0 Å². The van der Waals surface area contributed by atoms with Gasteiger partial charge in [-0.05, 0) is 37.4 Å². The van der Waals surface area contributed by atoms with E-state index >= 15 is 0 Å². The van der Waals surface area contributed by atoms with Gasteiger partial charge in [0.15, 0.2) is 11.6 Å². The maximum absolute atomic E-state index is 13.1. The molecule has 2 rings (SSSR count). The first-order valence-corrected chi connectivity index (χ1v) is 5.08. The molecule has 84 valence electrons. The zero-order valence-electron chi connectivity index (χ0n) is 9.09. The average molecular weight is 222 g/mol. The monoisotopic (exact) mass is 222 g/mol. The zero-order valence-corrected chi connectivity index (χ0v) is 9.09. The minimum Gasteiger partial charge on any atom is -0.367 e. The van der Waals surface area contributed by atoms with E-state index < -0.39 is 11.6 Å². The molecule has 1 aromatic heterocycles. The van der Waals surface area contributed by atoms with Gasteiger partial charge in [0.1, 0.15) is 5.82 Å². The molecule has 0 amide bonds. The maximum atomic E-state index is 13.1. The first-order chi connectivity index (χ1) is 7.58. The van der Waals surface area contributed by atoms with Gasteiger partial charge < -0.3 is 5.32 Å². The molecule has 1 heterocycles. The first-order valence-electron chi connectivity index (χ1n) is 5.08. The third-order valence-electron chi connectivity index (χ3n) is 2.23. The van der Waals surface area contributed by atoms with Crippen LogP contribution in [0.4, 0.5) is 14.6 Å². The van der Waals surface area contributed by atoms with Gasteiger partial charge in [0.25, 0.3) is 0 Å². The van der Waals surface area contributed by atoms with Crippen LogP contribution in [-0.4, -0.2) is 11.0 Å². The van der Waals surface area contributed by atoms with Crippen molar-refractivity contribution >= 4 is 16.6 Å². The van der Waals surface area contributed by atoms with E-state index in [0.29, 0.717) is 16.6 Å². The van der Waals surface area contributed by atoms with Crippen molar-refractivity contribution in [3.63, 3.8) is 0 Å². The second-order valence-corrected chi connectivity index (χ2v) is 3.95. The van der Waals surface area contributed by atoms with Gasteiger partial charge in [-0.25, -0.2) is 13.8 Å². The van der Waals surface area contributed by atoms with Gasteiger partial charge in [-0.1, -0.05) is 0 Å². The Morgan fingerprint density at radius 1 is 1.19 bits per heavy atom. The summed E-state index contributed by atoms with van der Waals surface area (Å²) in [6.45, 7) is 3.92. The van der Waals surface area contributed by atoms with E-state index in [-0.39, 0.29) is 6.04 Å². The van der Waals surface area contributed by atoms with Crippen molar-refractivity contribution in [1.29, 1.82) is 0 Å². The van der Waals surface area contributed by atoms with Crippen molar-refractivity contribution in [2.45, 2.75) is 19.9 Å². The Kier molecular flexibility index (Phi) is 2.73. The molecule has 0 aliphatic carbocycles. The molecule has 1 aromatic carbocycles. The lowest BCUT2D eigenvalue weighted by Gasteiger charge is -2.11. The average Bonchev–Trinajstić information content (AvgIpc) is 2.20. The van der Waals surface area contributed by atoms with Gasteiger partial charge in [0.05, 0.1) is 0 Å². The van der Waals surface area contributed by atoms with Crippen LogP contribution in [0.25, 0.3) is 10.8 Å². The minimum atomic E-state index is -0.854. The van der Waals surface area contributed by atoms with Crippen LogP contribution in [0.3, 0.4) is 0 Å². The summed E-state index contributed by atoms with van der Waals surface area (Å²) < 4.78 is 26.2. The summed E-state index contributed by atoms with van der Waals surface area (Å²) >= 11 is 0. The predicted octanol–water partition coefficient (Wildman–Crippen LogP) is 3.33. The second-order valence-electron chi connectivity index (χ2n) is 3.95. The molecule has 0 fully saturated rings. The summed E-state index contributed by atoms with van der Waals surface area (Å²) in [4.78, 5) is 4.12. The highest BCUT2D eigenvalue weighted by Gasteiger charge is 2.08. The quantitative estimate of drug-likeness (QED) is 0.843. The fourth-order valence-corrected chi connectivity index (χ4v) is 1.56. The second kappa shape index (κ2) is 4.04. The number of halogens is 2. The summed E-state index contributed by atoms with van der Waals surface area (Å²) in [6.07, 6.45) is 1.57. The van der Waals surface area contributed by atoms with Crippen LogP contribution in [0.15, 0.2) is 24.4 Å². The molecule has 2 nitrogen and oxygen atoms in total. The van der Waals surface area contributed by atoms with Crippen molar-refractivity contribution in [3.8, 4) is 0 Å². The lowest BCUT2D eigenvalue weighted by molar-refractivity contribution is 0.511. The Bertz CT molecular complexity index is 524. The van der Waals surface area contributed by atoms with Gasteiger partial charge in [-0.2, -0.15) is 0 Å². The zero-order chi connectivity index (χ0) is 11.7. The van der Waals surface area contributed by atoms with E-state index in [2.05, 4.69) is 10.3 Å². The van der Waals surface area contributed by atoms with Crippen molar-refractivity contribution < 1.29 is 8.78 Å². The third-order valence-corrected chi connectivity index (χ3v) is 2.23. The summed E-state index contributed by atoms with van der Waals surface area (Å²) in [6, 6.07) is 4.19. The highest BCUT2D eigenvalue weighted by molar-refractivity contribution is 5.91. The fourth-order valence-electron chi connectivity index (χ4n) is 1.56. The van der Waals surface area contributed by atoms with Crippen LogP contribution in [0, 0.1) is 11.6 Å². The molecule has 0 bridgehead atoms. The van der Waals surface area contributed by atoms with Crippen LogP contribution in [0.1, 0.15) is 13.8 Å². The number of hydrogen-bond donors (Lipinski definition) is 1.